The van der Waals surface area contributed by atoms with E-state index in [0.29, 0.717) is 22.7 Å². The van der Waals surface area contributed by atoms with E-state index in [4.69, 9.17) is 0 Å². The van der Waals surface area contributed by atoms with Gasteiger partial charge in [-0.1, -0.05) is 70.9 Å². The molecule has 0 saturated heterocycles. The zero-order valence-corrected chi connectivity index (χ0v) is 22.0. The average Bonchev–Trinajstić information content (AvgIpc) is 3.13. The molecule has 0 radical (unpaired) electrons. The zero-order chi connectivity index (χ0) is 24.2. The summed E-state index contributed by atoms with van der Waals surface area (Å²) < 4.78 is 1.94. The number of aromatic nitrogens is 1. The molecule has 1 aromatic heterocycles. The predicted octanol–water partition coefficient (Wildman–Crippen LogP) is 6.61. The van der Waals surface area contributed by atoms with Gasteiger partial charge in [-0.2, -0.15) is 0 Å². The summed E-state index contributed by atoms with van der Waals surface area (Å²) in [7, 11) is 0. The van der Waals surface area contributed by atoms with Gasteiger partial charge in [-0.3, -0.25) is 14.9 Å². The number of allylic oxidation sites excluding steroid dienone is 3. The first-order valence-electron chi connectivity index (χ1n) is 11.3. The Bertz CT molecular complexity index is 1400. The van der Waals surface area contributed by atoms with Gasteiger partial charge in [0.15, 0.2) is 10.9 Å². The topological polar surface area (TPSA) is 71.1 Å². The average molecular weight is 536 g/mol. The largest absolute Gasteiger partial charge is 0.362 e. The van der Waals surface area contributed by atoms with Gasteiger partial charge in [-0.05, 0) is 49.4 Å². The fraction of sp³-hybridized carbons (Fsp3) is 0.296. The molecule has 5 nitrogen and oxygen atoms in total. The minimum absolute atomic E-state index is 0.104. The van der Waals surface area contributed by atoms with Crippen molar-refractivity contribution in [3.63, 3.8) is 0 Å². The van der Waals surface area contributed by atoms with E-state index in [0.717, 1.165) is 43.6 Å². The highest BCUT2D eigenvalue weighted by Crippen LogP contribution is 2.46. The number of anilines is 1. The molecule has 0 unspecified atom stereocenters. The molecular formula is C27H26BrN3O2S. The summed E-state index contributed by atoms with van der Waals surface area (Å²) in [6, 6.07) is 14.0. The van der Waals surface area contributed by atoms with Crippen LogP contribution in [0.25, 0.3) is 10.2 Å². The van der Waals surface area contributed by atoms with Gasteiger partial charge in [0.2, 0.25) is 0 Å². The molecule has 1 amide bonds. The van der Waals surface area contributed by atoms with Crippen LogP contribution in [0.5, 0.6) is 0 Å². The van der Waals surface area contributed by atoms with Gasteiger partial charge in [0.1, 0.15) is 0 Å². The second-order valence-electron chi connectivity index (χ2n) is 9.93. The summed E-state index contributed by atoms with van der Waals surface area (Å²) in [6.07, 6.45) is 1.24. The minimum atomic E-state index is -0.413. The van der Waals surface area contributed by atoms with E-state index in [-0.39, 0.29) is 17.1 Å². The van der Waals surface area contributed by atoms with Crippen molar-refractivity contribution in [2.45, 2.75) is 46.5 Å². The summed E-state index contributed by atoms with van der Waals surface area (Å²) in [5.74, 6) is -0.547. The van der Waals surface area contributed by atoms with Crippen LogP contribution in [-0.2, 0) is 9.59 Å². The first-order chi connectivity index (χ1) is 16.1. The van der Waals surface area contributed by atoms with E-state index in [1.165, 1.54) is 11.3 Å². The van der Waals surface area contributed by atoms with Crippen molar-refractivity contribution < 1.29 is 9.59 Å². The van der Waals surface area contributed by atoms with E-state index >= 15 is 0 Å². The van der Waals surface area contributed by atoms with Crippen molar-refractivity contribution in [3.05, 3.63) is 80.6 Å². The van der Waals surface area contributed by atoms with Gasteiger partial charge < -0.3 is 5.32 Å². The predicted molar refractivity (Wildman–Crippen MR) is 141 cm³/mol. The quantitative estimate of drug-likeness (QED) is 0.395. The summed E-state index contributed by atoms with van der Waals surface area (Å²) in [5, 5.41) is 6.97. The number of carbonyl (C=O) groups excluding carboxylic acids is 2. The number of halogens is 1. The maximum atomic E-state index is 13.7. The van der Waals surface area contributed by atoms with Crippen LogP contribution in [0.15, 0.2) is 69.5 Å². The van der Waals surface area contributed by atoms with E-state index in [9.17, 15) is 9.59 Å². The number of hydrogen-bond acceptors (Lipinski definition) is 5. The Kier molecular flexibility index (Phi) is 5.73. The molecule has 2 aromatic carbocycles. The number of Topliss-reactive ketones (excluding diaryl/α,β-unsaturated/α-hetero) is 1. The molecule has 0 fully saturated rings. The molecular weight excluding hydrogens is 510 g/mol. The van der Waals surface area contributed by atoms with Crippen LogP contribution in [0.3, 0.4) is 0 Å². The molecule has 1 aliphatic carbocycles. The zero-order valence-electron chi connectivity index (χ0n) is 19.6. The number of carbonyl (C=O) groups is 2. The molecule has 0 saturated carbocycles. The number of ketones is 1. The number of nitrogens with one attached hydrogen (secondary N) is 2. The third-order valence-corrected chi connectivity index (χ3v) is 7.91. The highest BCUT2D eigenvalue weighted by atomic mass is 79.9. The van der Waals surface area contributed by atoms with Crippen LogP contribution in [-0.4, -0.2) is 16.7 Å². The number of amides is 1. The Morgan fingerprint density at radius 2 is 1.88 bits per heavy atom. The number of nitrogens with zero attached hydrogens (tertiary/aromatic N) is 1. The Morgan fingerprint density at radius 1 is 1.15 bits per heavy atom. The van der Waals surface area contributed by atoms with Gasteiger partial charge in [-0.25, -0.2) is 4.98 Å². The van der Waals surface area contributed by atoms with Crippen LogP contribution < -0.4 is 10.6 Å². The number of aryl methyl sites for hydroxylation is 1. The summed E-state index contributed by atoms with van der Waals surface area (Å²) in [6.45, 7) is 8.18. The number of thiazole rings is 1. The minimum Gasteiger partial charge on any atom is -0.362 e. The number of hydrogen-bond donors (Lipinski definition) is 2. The van der Waals surface area contributed by atoms with Gasteiger partial charge in [0.25, 0.3) is 5.91 Å². The van der Waals surface area contributed by atoms with Crippen molar-refractivity contribution in [2.24, 2.45) is 5.41 Å². The number of rotatable bonds is 3. The lowest BCUT2D eigenvalue weighted by atomic mass is 9.68. The summed E-state index contributed by atoms with van der Waals surface area (Å²) >= 11 is 4.91. The fourth-order valence-corrected chi connectivity index (χ4v) is 6.14. The fourth-order valence-electron chi connectivity index (χ4n) is 4.95. The third-order valence-electron chi connectivity index (χ3n) is 6.47. The number of benzene rings is 2. The lowest BCUT2D eigenvalue weighted by molar-refractivity contribution is -0.118. The summed E-state index contributed by atoms with van der Waals surface area (Å²) in [4.78, 5) is 31.7. The molecule has 0 spiro atoms. The lowest BCUT2D eigenvalue weighted by Crippen LogP contribution is -2.39. The van der Waals surface area contributed by atoms with Crippen LogP contribution in [0.1, 0.15) is 50.7 Å². The molecule has 5 rings (SSSR count). The van der Waals surface area contributed by atoms with Crippen molar-refractivity contribution in [3.8, 4) is 0 Å². The van der Waals surface area contributed by atoms with E-state index in [1.807, 2.05) is 56.3 Å². The molecule has 2 aliphatic rings. The molecule has 1 aliphatic heterocycles. The highest BCUT2D eigenvalue weighted by molar-refractivity contribution is 9.10. The van der Waals surface area contributed by atoms with Crippen LogP contribution in [0.2, 0.25) is 0 Å². The highest BCUT2D eigenvalue weighted by Gasteiger charge is 2.42. The second-order valence-corrected chi connectivity index (χ2v) is 11.9. The third kappa shape index (κ3) is 4.23. The maximum Gasteiger partial charge on any atom is 0.256 e. The number of fused-ring (bicyclic) bond motifs is 1. The molecule has 174 valence electrons. The molecule has 2 heterocycles. The molecule has 7 heteroatoms. The first-order valence-corrected chi connectivity index (χ1v) is 12.9. The first kappa shape index (κ1) is 23.0. The Balaban J connectivity index is 1.57. The summed E-state index contributed by atoms with van der Waals surface area (Å²) in [5.41, 5.74) is 5.79. The van der Waals surface area contributed by atoms with Crippen molar-refractivity contribution in [1.29, 1.82) is 0 Å². The van der Waals surface area contributed by atoms with E-state index in [2.05, 4.69) is 45.4 Å². The van der Waals surface area contributed by atoms with Crippen LogP contribution in [0, 0.1) is 12.3 Å². The van der Waals surface area contributed by atoms with E-state index in [1.54, 1.807) is 0 Å². The molecule has 3 aromatic rings. The van der Waals surface area contributed by atoms with Crippen molar-refractivity contribution in [2.75, 3.05) is 5.32 Å². The molecule has 1 atom stereocenters. The monoisotopic (exact) mass is 535 g/mol. The van der Waals surface area contributed by atoms with Crippen molar-refractivity contribution >= 4 is 54.3 Å². The molecule has 2 N–H and O–H groups in total. The SMILES string of the molecule is CC1=C(C(=O)Nc2nc3cc(Br)ccc3s2)[C@@H](c2ccc(C)cc2)C2=C(CC(C)(C)CC2=O)N1. The maximum absolute atomic E-state index is 13.7. The van der Waals surface area contributed by atoms with E-state index < -0.39 is 5.92 Å². The smallest absolute Gasteiger partial charge is 0.256 e. The Labute approximate surface area is 211 Å². The van der Waals surface area contributed by atoms with Crippen molar-refractivity contribution in [1.82, 2.24) is 10.3 Å². The molecule has 0 bridgehead atoms. The normalized spacial score (nSPS) is 19.8. The number of dihydropyridines is 1. The van der Waals surface area contributed by atoms with Gasteiger partial charge >= 0.3 is 0 Å². The lowest BCUT2D eigenvalue weighted by Gasteiger charge is -2.39. The van der Waals surface area contributed by atoms with Gasteiger partial charge in [-0.15, -0.1) is 0 Å². The second kappa shape index (κ2) is 8.47. The van der Waals surface area contributed by atoms with Crippen LogP contribution >= 0.6 is 27.3 Å². The standard InChI is InChI=1S/C27H26BrN3O2S/c1-14-5-7-16(8-6-14)23-22(15(2)29-19-12-27(3,4)13-20(32)24(19)23)25(33)31-26-30-18-11-17(28)9-10-21(18)34-26/h5-11,23,29H,12-13H2,1-4H3,(H,30,31,33)/t23-/m1/s1. The van der Waals surface area contributed by atoms with Gasteiger partial charge in [0.05, 0.1) is 10.2 Å². The Hall–Kier alpha value is -2.77. The van der Waals surface area contributed by atoms with Crippen LogP contribution in [0.4, 0.5) is 5.13 Å². The Morgan fingerprint density at radius 3 is 2.62 bits per heavy atom. The van der Waals surface area contributed by atoms with Gasteiger partial charge in [0, 0.05) is 39.4 Å². The molecule has 34 heavy (non-hydrogen) atoms.